The normalized spacial score (nSPS) is 14.4. The van der Waals surface area contributed by atoms with Gasteiger partial charge in [-0.3, -0.25) is 0 Å². The average Bonchev–Trinajstić information content (AvgIpc) is 2.34. The summed E-state index contributed by atoms with van der Waals surface area (Å²) in [4.78, 5) is 11.7. The summed E-state index contributed by atoms with van der Waals surface area (Å²) < 4.78 is 5.26. The molecule has 0 aromatic heterocycles. The third kappa shape index (κ3) is 10.2. The Bertz CT molecular complexity index is 340. The van der Waals surface area contributed by atoms with Crippen molar-refractivity contribution in [2.24, 2.45) is 11.8 Å². The highest BCUT2D eigenvalue weighted by molar-refractivity contribution is 5.67. The van der Waals surface area contributed by atoms with E-state index in [-0.39, 0.29) is 6.09 Å². The van der Waals surface area contributed by atoms with Gasteiger partial charge >= 0.3 is 6.09 Å². The zero-order valence-electron chi connectivity index (χ0n) is 14.5. The molecule has 0 heterocycles. The van der Waals surface area contributed by atoms with Gasteiger partial charge in [-0.2, -0.15) is 0 Å². The molecule has 0 spiro atoms. The largest absolute Gasteiger partial charge is 0.444 e. The first-order valence-corrected chi connectivity index (χ1v) is 7.83. The molecule has 0 aliphatic heterocycles. The van der Waals surface area contributed by atoms with E-state index in [0.29, 0.717) is 24.4 Å². The van der Waals surface area contributed by atoms with Gasteiger partial charge in [0.25, 0.3) is 0 Å². The standard InChI is InChI=1S/C17H32N2O2/c1-8-10-15(9-2)18-11-14(13(3)4)12-19-16(20)21-17(5,6)7/h1,13-15,18H,9-12H2,2-7H3,(H,19,20). The second kappa shape index (κ2) is 9.68. The molecule has 0 bridgehead atoms. The maximum Gasteiger partial charge on any atom is 0.407 e. The first-order valence-electron chi connectivity index (χ1n) is 7.83. The van der Waals surface area contributed by atoms with Gasteiger partial charge in [0, 0.05) is 25.6 Å². The quantitative estimate of drug-likeness (QED) is 0.676. The molecule has 2 unspecified atom stereocenters. The number of nitrogens with one attached hydrogen (secondary N) is 2. The van der Waals surface area contributed by atoms with Crippen molar-refractivity contribution in [1.29, 1.82) is 0 Å². The van der Waals surface area contributed by atoms with Crippen LogP contribution < -0.4 is 10.6 Å². The number of terminal acetylenes is 1. The number of alkyl carbamates (subject to hydrolysis) is 1. The highest BCUT2D eigenvalue weighted by Gasteiger charge is 2.19. The molecule has 0 saturated heterocycles. The molecule has 2 atom stereocenters. The van der Waals surface area contributed by atoms with Crippen molar-refractivity contribution in [2.45, 2.75) is 66.0 Å². The van der Waals surface area contributed by atoms with E-state index in [0.717, 1.165) is 19.4 Å². The fourth-order valence-electron chi connectivity index (χ4n) is 1.89. The molecule has 1 amide bonds. The van der Waals surface area contributed by atoms with Crippen LogP contribution in [0.1, 0.15) is 54.4 Å². The third-order valence-electron chi connectivity index (χ3n) is 3.38. The monoisotopic (exact) mass is 296 g/mol. The van der Waals surface area contributed by atoms with E-state index in [1.54, 1.807) is 0 Å². The molecule has 0 saturated carbocycles. The van der Waals surface area contributed by atoms with Crippen LogP contribution in [0, 0.1) is 24.2 Å². The Morgan fingerprint density at radius 1 is 1.29 bits per heavy atom. The molecule has 0 rings (SSSR count). The predicted octanol–water partition coefficient (Wildman–Crippen LogP) is 3.17. The van der Waals surface area contributed by atoms with Crippen molar-refractivity contribution >= 4 is 6.09 Å². The summed E-state index contributed by atoms with van der Waals surface area (Å²) in [6.45, 7) is 13.5. The van der Waals surface area contributed by atoms with E-state index < -0.39 is 5.60 Å². The molecule has 0 fully saturated rings. The van der Waals surface area contributed by atoms with E-state index in [2.05, 4.69) is 37.3 Å². The Hall–Kier alpha value is -1.21. The summed E-state index contributed by atoms with van der Waals surface area (Å²) in [7, 11) is 0. The van der Waals surface area contributed by atoms with Gasteiger partial charge in [-0.15, -0.1) is 12.3 Å². The van der Waals surface area contributed by atoms with Crippen molar-refractivity contribution in [2.75, 3.05) is 13.1 Å². The lowest BCUT2D eigenvalue weighted by Gasteiger charge is -2.26. The topological polar surface area (TPSA) is 50.4 Å². The Labute approximate surface area is 130 Å². The second-order valence-corrected chi connectivity index (χ2v) is 6.81. The zero-order valence-corrected chi connectivity index (χ0v) is 14.5. The Morgan fingerprint density at radius 3 is 2.33 bits per heavy atom. The molecular weight excluding hydrogens is 264 g/mol. The molecular formula is C17H32N2O2. The van der Waals surface area contributed by atoms with Gasteiger partial charge in [0.05, 0.1) is 0 Å². The number of carbonyl (C=O) groups excluding carboxylic acids is 1. The minimum atomic E-state index is -0.463. The molecule has 0 aliphatic rings. The van der Waals surface area contributed by atoms with E-state index in [1.165, 1.54) is 0 Å². The van der Waals surface area contributed by atoms with Crippen LogP contribution in [0.4, 0.5) is 4.79 Å². The van der Waals surface area contributed by atoms with Crippen molar-refractivity contribution < 1.29 is 9.53 Å². The number of hydrogen-bond acceptors (Lipinski definition) is 3. The van der Waals surface area contributed by atoms with Crippen LogP contribution in [-0.4, -0.2) is 30.8 Å². The third-order valence-corrected chi connectivity index (χ3v) is 3.38. The van der Waals surface area contributed by atoms with Gasteiger partial charge < -0.3 is 15.4 Å². The van der Waals surface area contributed by atoms with Crippen molar-refractivity contribution in [1.82, 2.24) is 10.6 Å². The van der Waals surface area contributed by atoms with E-state index >= 15 is 0 Å². The SMILES string of the molecule is C#CCC(CC)NCC(CNC(=O)OC(C)(C)C)C(C)C. The van der Waals surface area contributed by atoms with Crippen LogP contribution in [0.2, 0.25) is 0 Å². The second-order valence-electron chi connectivity index (χ2n) is 6.81. The Kier molecular flexibility index (Phi) is 9.12. The number of carbonyl (C=O) groups is 1. The van der Waals surface area contributed by atoms with Crippen molar-refractivity contribution in [3.63, 3.8) is 0 Å². The van der Waals surface area contributed by atoms with Gasteiger partial charge in [0.2, 0.25) is 0 Å². The molecule has 0 aromatic rings. The minimum absolute atomic E-state index is 0.345. The summed E-state index contributed by atoms with van der Waals surface area (Å²) in [5.74, 6) is 3.51. The lowest BCUT2D eigenvalue weighted by Crippen LogP contribution is -2.41. The maximum absolute atomic E-state index is 11.7. The van der Waals surface area contributed by atoms with Gasteiger partial charge in [-0.25, -0.2) is 4.79 Å². The highest BCUT2D eigenvalue weighted by Crippen LogP contribution is 2.11. The highest BCUT2D eigenvalue weighted by atomic mass is 16.6. The molecule has 4 heteroatoms. The van der Waals surface area contributed by atoms with E-state index in [1.807, 2.05) is 20.8 Å². The summed E-state index contributed by atoms with van der Waals surface area (Å²) >= 11 is 0. The van der Waals surface area contributed by atoms with Crippen LogP contribution in [0.15, 0.2) is 0 Å². The summed E-state index contributed by atoms with van der Waals surface area (Å²) in [5.41, 5.74) is -0.463. The van der Waals surface area contributed by atoms with Crippen LogP contribution >= 0.6 is 0 Å². The average molecular weight is 296 g/mol. The van der Waals surface area contributed by atoms with E-state index in [9.17, 15) is 4.79 Å². The molecule has 21 heavy (non-hydrogen) atoms. The first kappa shape index (κ1) is 19.8. The van der Waals surface area contributed by atoms with Gasteiger partial charge in [-0.1, -0.05) is 20.8 Å². The summed E-state index contributed by atoms with van der Waals surface area (Å²) in [5, 5.41) is 6.34. The lowest BCUT2D eigenvalue weighted by atomic mass is 9.95. The van der Waals surface area contributed by atoms with Crippen LogP contribution in [0.25, 0.3) is 0 Å². The molecule has 2 N–H and O–H groups in total. The minimum Gasteiger partial charge on any atom is -0.444 e. The summed E-state index contributed by atoms with van der Waals surface area (Å²) in [6, 6.07) is 0.345. The van der Waals surface area contributed by atoms with Crippen LogP contribution in [0.5, 0.6) is 0 Å². The number of hydrogen-bond donors (Lipinski definition) is 2. The molecule has 4 nitrogen and oxygen atoms in total. The van der Waals surface area contributed by atoms with Crippen LogP contribution in [-0.2, 0) is 4.74 Å². The summed E-state index contributed by atoms with van der Waals surface area (Å²) in [6.07, 6.45) is 6.75. The van der Waals surface area contributed by atoms with Gasteiger partial charge in [0.15, 0.2) is 0 Å². The van der Waals surface area contributed by atoms with Crippen molar-refractivity contribution in [3.05, 3.63) is 0 Å². The molecule has 122 valence electrons. The molecule has 0 aliphatic carbocycles. The number of amides is 1. The number of ether oxygens (including phenoxy) is 1. The van der Waals surface area contributed by atoms with Crippen LogP contribution in [0.3, 0.4) is 0 Å². The molecule has 0 radical (unpaired) electrons. The van der Waals surface area contributed by atoms with Crippen molar-refractivity contribution in [3.8, 4) is 12.3 Å². The first-order chi connectivity index (χ1) is 9.69. The predicted molar refractivity (Wildman–Crippen MR) is 88.1 cm³/mol. The number of rotatable bonds is 8. The Balaban J connectivity index is 4.26. The zero-order chi connectivity index (χ0) is 16.5. The maximum atomic E-state index is 11.7. The molecule has 0 aromatic carbocycles. The van der Waals surface area contributed by atoms with Gasteiger partial charge in [-0.05, 0) is 39.0 Å². The lowest BCUT2D eigenvalue weighted by molar-refractivity contribution is 0.0514. The smallest absolute Gasteiger partial charge is 0.407 e. The van der Waals surface area contributed by atoms with E-state index in [4.69, 9.17) is 11.2 Å². The Morgan fingerprint density at radius 2 is 1.90 bits per heavy atom. The van der Waals surface area contributed by atoms with Gasteiger partial charge in [0.1, 0.15) is 5.60 Å². The fraction of sp³-hybridized carbons (Fsp3) is 0.824. The fourth-order valence-corrected chi connectivity index (χ4v) is 1.89.